The number of aryl methyl sites for hydroxylation is 2. The Balaban J connectivity index is 1.64. The van der Waals surface area contributed by atoms with Gasteiger partial charge < -0.3 is 14.6 Å². The first kappa shape index (κ1) is 18.2. The van der Waals surface area contributed by atoms with Gasteiger partial charge in [0.2, 0.25) is 5.89 Å². The molecule has 0 aliphatic carbocycles. The fourth-order valence-electron chi connectivity index (χ4n) is 3.17. The second-order valence-corrected chi connectivity index (χ2v) is 6.98. The number of nitrogens with zero attached hydrogens (tertiary/aromatic N) is 2. The number of likely N-dealkylation sites (tertiary alicyclic amines) is 1. The van der Waals surface area contributed by atoms with Crippen LogP contribution < -0.4 is 5.32 Å². The van der Waals surface area contributed by atoms with E-state index in [9.17, 15) is 9.59 Å². The van der Waals surface area contributed by atoms with E-state index in [1.54, 1.807) is 13.0 Å². The maximum atomic E-state index is 12.7. The summed E-state index contributed by atoms with van der Waals surface area (Å²) in [5.74, 6) is 1.23. The monoisotopic (exact) mass is 355 g/mol. The van der Waals surface area contributed by atoms with Gasteiger partial charge in [0.1, 0.15) is 5.76 Å². The molecular formula is C20H25N3O3. The molecule has 1 aliphatic heterocycles. The number of hydrogen-bond acceptors (Lipinski definition) is 4. The van der Waals surface area contributed by atoms with Crippen LogP contribution in [0.25, 0.3) is 0 Å². The van der Waals surface area contributed by atoms with Crippen LogP contribution in [0.2, 0.25) is 0 Å². The van der Waals surface area contributed by atoms with Crippen LogP contribution in [0.3, 0.4) is 0 Å². The largest absolute Gasteiger partial charge is 0.443 e. The molecule has 26 heavy (non-hydrogen) atoms. The number of oxazole rings is 1. The third-order valence-electron chi connectivity index (χ3n) is 4.90. The average molecular weight is 355 g/mol. The molecule has 0 spiro atoms. The number of rotatable bonds is 4. The van der Waals surface area contributed by atoms with Gasteiger partial charge in [-0.3, -0.25) is 9.59 Å². The lowest BCUT2D eigenvalue weighted by molar-refractivity contribution is 0.0690. The number of carbonyl (C=O) groups excluding carboxylic acids is 2. The van der Waals surface area contributed by atoms with Crippen molar-refractivity contribution in [2.45, 2.75) is 40.2 Å². The zero-order valence-corrected chi connectivity index (χ0v) is 15.5. The van der Waals surface area contributed by atoms with Gasteiger partial charge in [-0.05, 0) is 44.2 Å². The number of benzene rings is 1. The second-order valence-electron chi connectivity index (χ2n) is 6.98. The second kappa shape index (κ2) is 7.72. The highest BCUT2D eigenvalue weighted by molar-refractivity contribution is 5.95. The first-order valence-electron chi connectivity index (χ1n) is 9.05. The van der Waals surface area contributed by atoms with Gasteiger partial charge >= 0.3 is 0 Å². The highest BCUT2D eigenvalue weighted by Crippen LogP contribution is 2.20. The fourth-order valence-corrected chi connectivity index (χ4v) is 3.17. The minimum absolute atomic E-state index is 0.0883. The maximum Gasteiger partial charge on any atom is 0.276 e. The summed E-state index contributed by atoms with van der Waals surface area (Å²) >= 11 is 0. The number of piperidine rings is 1. The molecule has 1 fully saturated rings. The summed E-state index contributed by atoms with van der Waals surface area (Å²) in [7, 11) is 0. The molecule has 0 unspecified atom stereocenters. The normalized spacial score (nSPS) is 15.1. The number of aromatic nitrogens is 1. The molecule has 6 nitrogen and oxygen atoms in total. The summed E-state index contributed by atoms with van der Waals surface area (Å²) in [5, 5.41) is 2.80. The van der Waals surface area contributed by atoms with Crippen molar-refractivity contribution in [1.29, 1.82) is 0 Å². The number of nitrogens with one attached hydrogen (secondary N) is 1. The molecule has 0 bridgehead atoms. The van der Waals surface area contributed by atoms with Gasteiger partial charge in [0.05, 0.1) is 6.54 Å². The SMILES string of the molecule is Cc1ccccc1C(=O)NCc1nc(C(=O)N2CCC(C)CC2)c(C)o1. The minimum atomic E-state index is -0.183. The van der Waals surface area contributed by atoms with Gasteiger partial charge in [-0.15, -0.1) is 0 Å². The van der Waals surface area contributed by atoms with E-state index in [-0.39, 0.29) is 18.4 Å². The maximum absolute atomic E-state index is 12.7. The highest BCUT2D eigenvalue weighted by atomic mass is 16.4. The van der Waals surface area contributed by atoms with Crippen molar-refractivity contribution in [3.8, 4) is 0 Å². The van der Waals surface area contributed by atoms with Crippen molar-refractivity contribution < 1.29 is 14.0 Å². The average Bonchev–Trinajstić information content (AvgIpc) is 3.01. The molecule has 0 radical (unpaired) electrons. The van der Waals surface area contributed by atoms with E-state index in [0.29, 0.717) is 28.8 Å². The van der Waals surface area contributed by atoms with Gasteiger partial charge in [0.15, 0.2) is 5.69 Å². The molecule has 1 aliphatic rings. The molecule has 2 heterocycles. The van der Waals surface area contributed by atoms with Crippen LogP contribution in [-0.2, 0) is 6.54 Å². The van der Waals surface area contributed by atoms with E-state index in [2.05, 4.69) is 17.2 Å². The van der Waals surface area contributed by atoms with Gasteiger partial charge in [-0.25, -0.2) is 4.98 Å². The Kier molecular flexibility index (Phi) is 5.40. The van der Waals surface area contributed by atoms with Crippen LogP contribution in [0.4, 0.5) is 0 Å². The molecule has 138 valence electrons. The van der Waals surface area contributed by atoms with E-state index in [4.69, 9.17) is 4.42 Å². The summed E-state index contributed by atoms with van der Waals surface area (Å²) in [5.41, 5.74) is 1.87. The first-order valence-corrected chi connectivity index (χ1v) is 9.05. The molecular weight excluding hydrogens is 330 g/mol. The Bertz CT molecular complexity index is 804. The number of carbonyl (C=O) groups is 2. The standard InChI is InChI=1S/C20H25N3O3/c1-13-8-10-23(11-9-13)20(25)18-15(3)26-17(22-18)12-21-19(24)16-7-5-4-6-14(16)2/h4-7,13H,8-12H2,1-3H3,(H,21,24). The Morgan fingerprint density at radius 1 is 1.23 bits per heavy atom. The van der Waals surface area contributed by atoms with Gasteiger partial charge in [-0.1, -0.05) is 25.1 Å². The lowest BCUT2D eigenvalue weighted by Gasteiger charge is -2.29. The van der Waals surface area contributed by atoms with Crippen molar-refractivity contribution in [1.82, 2.24) is 15.2 Å². The molecule has 6 heteroatoms. The summed E-state index contributed by atoms with van der Waals surface area (Å²) in [6, 6.07) is 7.38. The third-order valence-corrected chi connectivity index (χ3v) is 4.90. The van der Waals surface area contributed by atoms with Crippen LogP contribution in [-0.4, -0.2) is 34.8 Å². The van der Waals surface area contributed by atoms with E-state index in [1.807, 2.05) is 30.0 Å². The molecule has 2 amide bonds. The number of amides is 2. The van der Waals surface area contributed by atoms with Crippen LogP contribution in [0.1, 0.15) is 57.8 Å². The molecule has 3 rings (SSSR count). The Labute approximate surface area is 153 Å². The third kappa shape index (κ3) is 3.95. The van der Waals surface area contributed by atoms with Gasteiger partial charge in [0, 0.05) is 18.7 Å². The first-order chi connectivity index (χ1) is 12.5. The molecule has 0 saturated carbocycles. The predicted octanol–water partition coefficient (Wildman–Crippen LogP) is 3.09. The minimum Gasteiger partial charge on any atom is -0.443 e. The number of hydrogen-bond donors (Lipinski definition) is 1. The van der Waals surface area contributed by atoms with Crippen LogP contribution in [0.5, 0.6) is 0 Å². The van der Waals surface area contributed by atoms with Gasteiger partial charge in [-0.2, -0.15) is 0 Å². The molecule has 1 saturated heterocycles. The van der Waals surface area contributed by atoms with E-state index in [1.165, 1.54) is 0 Å². The summed E-state index contributed by atoms with van der Waals surface area (Å²) in [6.45, 7) is 7.49. The fraction of sp³-hybridized carbons (Fsp3) is 0.450. The quantitative estimate of drug-likeness (QED) is 0.914. The van der Waals surface area contributed by atoms with E-state index < -0.39 is 0 Å². The van der Waals surface area contributed by atoms with Crippen molar-refractivity contribution in [3.05, 3.63) is 52.7 Å². The van der Waals surface area contributed by atoms with Crippen molar-refractivity contribution in [2.75, 3.05) is 13.1 Å². The summed E-state index contributed by atoms with van der Waals surface area (Å²) < 4.78 is 5.59. The topological polar surface area (TPSA) is 75.4 Å². The Morgan fingerprint density at radius 2 is 1.92 bits per heavy atom. The van der Waals surface area contributed by atoms with Crippen LogP contribution >= 0.6 is 0 Å². The van der Waals surface area contributed by atoms with E-state index >= 15 is 0 Å². The Hall–Kier alpha value is -2.63. The van der Waals surface area contributed by atoms with Gasteiger partial charge in [0.25, 0.3) is 11.8 Å². The van der Waals surface area contributed by atoms with Crippen molar-refractivity contribution >= 4 is 11.8 Å². The summed E-state index contributed by atoms with van der Waals surface area (Å²) in [4.78, 5) is 31.1. The zero-order valence-electron chi connectivity index (χ0n) is 15.5. The predicted molar refractivity (Wildman–Crippen MR) is 97.9 cm³/mol. The molecule has 2 aromatic rings. The highest BCUT2D eigenvalue weighted by Gasteiger charge is 2.26. The van der Waals surface area contributed by atoms with E-state index in [0.717, 1.165) is 31.5 Å². The lowest BCUT2D eigenvalue weighted by atomic mass is 9.99. The smallest absolute Gasteiger partial charge is 0.276 e. The molecule has 0 atom stereocenters. The van der Waals surface area contributed by atoms with Crippen LogP contribution in [0.15, 0.2) is 28.7 Å². The molecule has 1 N–H and O–H groups in total. The van der Waals surface area contributed by atoms with Crippen molar-refractivity contribution in [3.63, 3.8) is 0 Å². The Morgan fingerprint density at radius 3 is 2.62 bits per heavy atom. The molecule has 1 aromatic carbocycles. The molecule has 1 aromatic heterocycles. The summed E-state index contributed by atoms with van der Waals surface area (Å²) in [6.07, 6.45) is 2.03. The van der Waals surface area contributed by atoms with Crippen LogP contribution in [0, 0.1) is 19.8 Å². The van der Waals surface area contributed by atoms with Crippen molar-refractivity contribution in [2.24, 2.45) is 5.92 Å². The zero-order chi connectivity index (χ0) is 18.7. The lowest BCUT2D eigenvalue weighted by Crippen LogP contribution is -2.38.